The SMILES string of the molecule is CC(Nc1ccc(N2CCCC2)nc1)C1CC2C=CC1C2. The Labute approximate surface area is 127 Å². The summed E-state index contributed by atoms with van der Waals surface area (Å²) in [6.45, 7) is 4.65. The van der Waals surface area contributed by atoms with E-state index in [1.807, 2.05) is 6.20 Å². The maximum Gasteiger partial charge on any atom is 0.128 e. The van der Waals surface area contributed by atoms with E-state index < -0.39 is 0 Å². The maximum absolute atomic E-state index is 4.64. The van der Waals surface area contributed by atoms with Crippen molar-refractivity contribution in [2.24, 2.45) is 17.8 Å². The Morgan fingerprint density at radius 2 is 2.05 bits per heavy atom. The summed E-state index contributed by atoms with van der Waals surface area (Å²) in [5.74, 6) is 3.57. The van der Waals surface area contributed by atoms with E-state index >= 15 is 0 Å². The van der Waals surface area contributed by atoms with Gasteiger partial charge in [0.2, 0.25) is 0 Å². The van der Waals surface area contributed by atoms with Gasteiger partial charge in [-0.1, -0.05) is 12.2 Å². The quantitative estimate of drug-likeness (QED) is 0.854. The third-order valence-electron chi connectivity index (χ3n) is 5.54. The van der Waals surface area contributed by atoms with Crippen molar-refractivity contribution in [1.82, 2.24) is 4.98 Å². The van der Waals surface area contributed by atoms with Crippen LogP contribution in [0.3, 0.4) is 0 Å². The zero-order valence-electron chi connectivity index (χ0n) is 12.8. The zero-order chi connectivity index (χ0) is 14.2. The van der Waals surface area contributed by atoms with E-state index in [-0.39, 0.29) is 0 Å². The molecule has 2 bridgehead atoms. The Kier molecular flexibility index (Phi) is 3.36. The third-order valence-corrected chi connectivity index (χ3v) is 5.54. The topological polar surface area (TPSA) is 28.2 Å². The smallest absolute Gasteiger partial charge is 0.128 e. The molecule has 3 aliphatic rings. The zero-order valence-corrected chi connectivity index (χ0v) is 12.8. The fraction of sp³-hybridized carbons (Fsp3) is 0.611. The van der Waals surface area contributed by atoms with E-state index in [2.05, 4.69) is 46.4 Å². The molecule has 0 radical (unpaired) electrons. The summed E-state index contributed by atoms with van der Waals surface area (Å²) in [5, 5.41) is 3.67. The van der Waals surface area contributed by atoms with Crippen LogP contribution in [0.25, 0.3) is 0 Å². The number of aromatic nitrogens is 1. The van der Waals surface area contributed by atoms with Gasteiger partial charge in [0.1, 0.15) is 5.82 Å². The van der Waals surface area contributed by atoms with Gasteiger partial charge in [-0.2, -0.15) is 0 Å². The normalized spacial score (nSPS) is 31.9. The molecule has 1 N–H and O–H groups in total. The maximum atomic E-state index is 4.64. The van der Waals surface area contributed by atoms with E-state index in [1.54, 1.807) is 0 Å². The number of hydrogen-bond donors (Lipinski definition) is 1. The predicted octanol–water partition coefficient (Wildman–Crippen LogP) is 3.69. The van der Waals surface area contributed by atoms with Crippen molar-refractivity contribution in [2.75, 3.05) is 23.3 Å². The van der Waals surface area contributed by atoms with Crippen molar-refractivity contribution in [3.8, 4) is 0 Å². The summed E-state index contributed by atoms with van der Waals surface area (Å²) in [6.07, 6.45) is 12.2. The minimum atomic E-state index is 0.532. The second-order valence-electron chi connectivity index (χ2n) is 6.98. The Balaban J connectivity index is 1.39. The van der Waals surface area contributed by atoms with Crippen LogP contribution >= 0.6 is 0 Å². The minimum absolute atomic E-state index is 0.532. The van der Waals surface area contributed by atoms with Crippen molar-refractivity contribution in [3.63, 3.8) is 0 Å². The molecular weight excluding hydrogens is 258 g/mol. The van der Waals surface area contributed by atoms with Gasteiger partial charge in [-0.3, -0.25) is 0 Å². The summed E-state index contributed by atoms with van der Waals surface area (Å²) >= 11 is 0. The van der Waals surface area contributed by atoms with Crippen molar-refractivity contribution in [1.29, 1.82) is 0 Å². The molecule has 0 amide bonds. The fourth-order valence-corrected chi connectivity index (χ4v) is 4.37. The number of hydrogen-bond acceptors (Lipinski definition) is 3. The molecule has 4 atom stereocenters. The Morgan fingerprint density at radius 1 is 1.19 bits per heavy atom. The standard InChI is InChI=1S/C18H25N3/c1-13(17-11-14-4-5-15(17)10-14)20-16-6-7-18(19-12-16)21-8-2-3-9-21/h4-7,12-15,17,20H,2-3,8-11H2,1H3. The highest BCUT2D eigenvalue weighted by atomic mass is 15.2. The molecule has 2 fully saturated rings. The molecule has 4 unspecified atom stereocenters. The van der Waals surface area contributed by atoms with Crippen molar-refractivity contribution < 1.29 is 0 Å². The average molecular weight is 283 g/mol. The highest BCUT2D eigenvalue weighted by Gasteiger charge is 2.38. The molecule has 3 nitrogen and oxygen atoms in total. The van der Waals surface area contributed by atoms with Gasteiger partial charge in [0.15, 0.2) is 0 Å². The van der Waals surface area contributed by atoms with Gasteiger partial charge in [-0.05, 0) is 62.5 Å². The lowest BCUT2D eigenvalue weighted by atomic mass is 9.87. The van der Waals surface area contributed by atoms with Gasteiger partial charge in [-0.15, -0.1) is 0 Å². The number of nitrogens with zero attached hydrogens (tertiary/aromatic N) is 2. The van der Waals surface area contributed by atoms with E-state index in [4.69, 9.17) is 0 Å². The van der Waals surface area contributed by atoms with Crippen LogP contribution in [0.5, 0.6) is 0 Å². The minimum Gasteiger partial charge on any atom is -0.381 e. The molecule has 1 saturated carbocycles. The molecule has 1 saturated heterocycles. The Bertz CT molecular complexity index is 516. The molecule has 4 rings (SSSR count). The molecule has 21 heavy (non-hydrogen) atoms. The summed E-state index contributed by atoms with van der Waals surface area (Å²) in [7, 11) is 0. The van der Waals surface area contributed by atoms with Crippen molar-refractivity contribution in [2.45, 2.75) is 38.6 Å². The van der Waals surface area contributed by atoms with E-state index in [0.717, 1.165) is 42.3 Å². The first kappa shape index (κ1) is 13.2. The highest BCUT2D eigenvalue weighted by Crippen LogP contribution is 2.45. The number of nitrogens with one attached hydrogen (secondary N) is 1. The lowest BCUT2D eigenvalue weighted by Crippen LogP contribution is -2.29. The Hall–Kier alpha value is -1.51. The van der Waals surface area contributed by atoms with Gasteiger partial charge in [0, 0.05) is 19.1 Å². The first-order chi connectivity index (χ1) is 10.3. The molecule has 1 aromatic rings. The van der Waals surface area contributed by atoms with Crippen LogP contribution in [-0.4, -0.2) is 24.1 Å². The predicted molar refractivity (Wildman–Crippen MR) is 87.6 cm³/mol. The monoisotopic (exact) mass is 283 g/mol. The van der Waals surface area contributed by atoms with Crippen LogP contribution in [0, 0.1) is 17.8 Å². The third kappa shape index (κ3) is 2.54. The number of anilines is 2. The number of allylic oxidation sites excluding steroid dienone is 2. The van der Waals surface area contributed by atoms with Crippen molar-refractivity contribution in [3.05, 3.63) is 30.5 Å². The lowest BCUT2D eigenvalue weighted by Gasteiger charge is -2.27. The Morgan fingerprint density at radius 3 is 2.67 bits per heavy atom. The molecule has 2 aliphatic carbocycles. The summed E-state index contributed by atoms with van der Waals surface area (Å²) < 4.78 is 0. The molecule has 2 heterocycles. The van der Waals surface area contributed by atoms with Crippen LogP contribution in [-0.2, 0) is 0 Å². The lowest BCUT2D eigenvalue weighted by molar-refractivity contribution is 0.400. The van der Waals surface area contributed by atoms with Crippen LogP contribution in [0.1, 0.15) is 32.6 Å². The van der Waals surface area contributed by atoms with Gasteiger partial charge in [0.25, 0.3) is 0 Å². The summed E-state index contributed by atoms with van der Waals surface area (Å²) in [6, 6.07) is 4.89. The molecule has 1 aromatic heterocycles. The van der Waals surface area contributed by atoms with E-state index in [9.17, 15) is 0 Å². The molecule has 3 heteroatoms. The van der Waals surface area contributed by atoms with Crippen LogP contribution in [0.15, 0.2) is 30.5 Å². The van der Waals surface area contributed by atoms with Crippen molar-refractivity contribution >= 4 is 11.5 Å². The fourth-order valence-electron chi connectivity index (χ4n) is 4.37. The largest absolute Gasteiger partial charge is 0.381 e. The molecule has 0 spiro atoms. The average Bonchev–Trinajstić information content (AvgIpc) is 3.25. The second-order valence-corrected chi connectivity index (χ2v) is 6.98. The van der Waals surface area contributed by atoms with E-state index in [0.29, 0.717) is 6.04 Å². The number of rotatable bonds is 4. The highest BCUT2D eigenvalue weighted by molar-refractivity contribution is 5.49. The van der Waals surface area contributed by atoms with Gasteiger partial charge >= 0.3 is 0 Å². The molecule has 1 aliphatic heterocycles. The number of pyridine rings is 1. The first-order valence-corrected chi connectivity index (χ1v) is 8.45. The number of fused-ring (bicyclic) bond motifs is 2. The first-order valence-electron chi connectivity index (χ1n) is 8.45. The van der Waals surface area contributed by atoms with Crippen LogP contribution < -0.4 is 10.2 Å². The van der Waals surface area contributed by atoms with E-state index in [1.165, 1.54) is 25.7 Å². The van der Waals surface area contributed by atoms with Crippen LogP contribution in [0.4, 0.5) is 11.5 Å². The molecular formula is C18H25N3. The van der Waals surface area contributed by atoms with Gasteiger partial charge < -0.3 is 10.2 Å². The van der Waals surface area contributed by atoms with Gasteiger partial charge in [-0.25, -0.2) is 4.98 Å². The summed E-state index contributed by atoms with van der Waals surface area (Å²) in [4.78, 5) is 7.02. The van der Waals surface area contributed by atoms with Crippen LogP contribution in [0.2, 0.25) is 0 Å². The second kappa shape index (κ2) is 5.36. The molecule has 0 aromatic carbocycles. The molecule has 112 valence electrons. The van der Waals surface area contributed by atoms with Gasteiger partial charge in [0.05, 0.1) is 11.9 Å². The summed E-state index contributed by atoms with van der Waals surface area (Å²) in [5.41, 5.74) is 1.16.